The molecule has 0 saturated heterocycles. The summed E-state index contributed by atoms with van der Waals surface area (Å²) in [6.07, 6.45) is 5.03. The van der Waals surface area contributed by atoms with Crippen LogP contribution in [0.1, 0.15) is 24.2 Å². The minimum absolute atomic E-state index is 0.00450. The van der Waals surface area contributed by atoms with E-state index in [4.69, 9.17) is 4.52 Å². The quantitative estimate of drug-likeness (QED) is 0.764. The van der Waals surface area contributed by atoms with Crippen molar-refractivity contribution in [3.63, 3.8) is 0 Å². The SMILES string of the molecule is Cc1cc(N[C@@H]2CC(Cn3cccn3)C[C@H]2O)c2c(C)noc2n1. The highest BCUT2D eigenvalue weighted by Gasteiger charge is 2.33. The van der Waals surface area contributed by atoms with Gasteiger partial charge < -0.3 is 14.9 Å². The third-order valence-electron chi connectivity index (χ3n) is 4.72. The number of aromatic nitrogens is 4. The van der Waals surface area contributed by atoms with Crippen molar-refractivity contribution in [1.82, 2.24) is 19.9 Å². The number of hydrogen-bond donors (Lipinski definition) is 2. The Hall–Kier alpha value is -2.41. The Morgan fingerprint density at radius 2 is 2.25 bits per heavy atom. The number of hydrogen-bond acceptors (Lipinski definition) is 6. The second-order valence-electron chi connectivity index (χ2n) is 6.64. The molecule has 3 heterocycles. The highest BCUT2D eigenvalue weighted by molar-refractivity contribution is 5.90. The molecule has 1 aliphatic rings. The lowest BCUT2D eigenvalue weighted by atomic mass is 10.1. The number of nitrogens with one attached hydrogen (secondary N) is 1. The van der Waals surface area contributed by atoms with Crippen LogP contribution in [0.3, 0.4) is 0 Å². The Morgan fingerprint density at radius 3 is 3.04 bits per heavy atom. The largest absolute Gasteiger partial charge is 0.391 e. The van der Waals surface area contributed by atoms with Crippen molar-refractivity contribution in [1.29, 1.82) is 0 Å². The molecular weight excluding hydrogens is 306 g/mol. The lowest BCUT2D eigenvalue weighted by Crippen LogP contribution is -2.28. The van der Waals surface area contributed by atoms with E-state index in [2.05, 4.69) is 20.6 Å². The van der Waals surface area contributed by atoms with Gasteiger partial charge in [0.1, 0.15) is 0 Å². The molecule has 7 nitrogen and oxygen atoms in total. The third-order valence-corrected chi connectivity index (χ3v) is 4.72. The van der Waals surface area contributed by atoms with Gasteiger partial charge >= 0.3 is 0 Å². The second-order valence-corrected chi connectivity index (χ2v) is 6.64. The molecule has 0 aliphatic heterocycles. The van der Waals surface area contributed by atoms with Crippen molar-refractivity contribution in [2.45, 2.75) is 45.4 Å². The molecule has 126 valence electrons. The molecule has 1 aliphatic carbocycles. The Morgan fingerprint density at radius 1 is 1.38 bits per heavy atom. The number of aliphatic hydroxyl groups excluding tert-OH is 1. The number of fused-ring (bicyclic) bond motifs is 1. The Balaban J connectivity index is 1.54. The van der Waals surface area contributed by atoms with Crippen molar-refractivity contribution in [3.8, 4) is 0 Å². The van der Waals surface area contributed by atoms with Crippen LogP contribution in [-0.4, -0.2) is 37.2 Å². The summed E-state index contributed by atoms with van der Waals surface area (Å²) >= 11 is 0. The topological polar surface area (TPSA) is 89.0 Å². The molecule has 3 aromatic rings. The minimum Gasteiger partial charge on any atom is -0.391 e. The maximum atomic E-state index is 10.5. The van der Waals surface area contributed by atoms with E-state index in [1.165, 1.54) is 0 Å². The van der Waals surface area contributed by atoms with E-state index in [0.717, 1.165) is 41.8 Å². The number of pyridine rings is 1. The van der Waals surface area contributed by atoms with Gasteiger partial charge in [-0.05, 0) is 44.7 Å². The van der Waals surface area contributed by atoms with Crippen LogP contribution in [0.5, 0.6) is 0 Å². The molecule has 0 radical (unpaired) electrons. The van der Waals surface area contributed by atoms with Gasteiger partial charge in [-0.3, -0.25) is 4.68 Å². The maximum Gasteiger partial charge on any atom is 0.260 e. The molecule has 24 heavy (non-hydrogen) atoms. The lowest BCUT2D eigenvalue weighted by Gasteiger charge is -2.18. The zero-order valence-electron chi connectivity index (χ0n) is 13.8. The van der Waals surface area contributed by atoms with Crippen LogP contribution in [0.15, 0.2) is 29.0 Å². The van der Waals surface area contributed by atoms with Crippen molar-refractivity contribution in [2.75, 3.05) is 5.32 Å². The van der Waals surface area contributed by atoms with Gasteiger partial charge in [0.05, 0.1) is 28.9 Å². The normalized spacial score (nSPS) is 23.9. The summed E-state index contributed by atoms with van der Waals surface area (Å²) in [5.41, 5.74) is 3.14. The molecule has 3 aromatic heterocycles. The standard InChI is InChI=1S/C17H21N5O2/c1-10-6-14(16-11(2)21-24-17(16)19-10)20-13-7-12(8-15(13)23)9-22-5-3-4-18-22/h3-6,12-13,15,23H,7-9H2,1-2H3,(H,19,20)/t12?,13-,15-/m1/s1. The van der Waals surface area contributed by atoms with E-state index in [9.17, 15) is 5.11 Å². The van der Waals surface area contributed by atoms with Gasteiger partial charge in [0, 0.05) is 24.6 Å². The highest BCUT2D eigenvalue weighted by Crippen LogP contribution is 2.33. The van der Waals surface area contributed by atoms with Crippen LogP contribution in [0.25, 0.3) is 11.1 Å². The predicted octanol–water partition coefficient (Wildman–Crippen LogP) is 2.29. The molecule has 2 N–H and O–H groups in total. The van der Waals surface area contributed by atoms with E-state index >= 15 is 0 Å². The fourth-order valence-electron chi connectivity index (χ4n) is 3.63. The summed E-state index contributed by atoms with van der Waals surface area (Å²) in [6.45, 7) is 4.66. The number of rotatable bonds is 4. The van der Waals surface area contributed by atoms with E-state index in [-0.39, 0.29) is 12.1 Å². The van der Waals surface area contributed by atoms with E-state index < -0.39 is 0 Å². The summed E-state index contributed by atoms with van der Waals surface area (Å²) < 4.78 is 7.21. The summed E-state index contributed by atoms with van der Waals surface area (Å²) in [5, 5.41) is 23.1. The van der Waals surface area contributed by atoms with Crippen LogP contribution in [0, 0.1) is 19.8 Å². The highest BCUT2D eigenvalue weighted by atomic mass is 16.5. The smallest absolute Gasteiger partial charge is 0.260 e. The molecule has 1 fully saturated rings. The summed E-state index contributed by atoms with van der Waals surface area (Å²) in [7, 11) is 0. The minimum atomic E-state index is -0.380. The van der Waals surface area contributed by atoms with Crippen LogP contribution in [0.4, 0.5) is 5.69 Å². The lowest BCUT2D eigenvalue weighted by molar-refractivity contribution is 0.166. The fraction of sp³-hybridized carbons (Fsp3) is 0.471. The van der Waals surface area contributed by atoms with Gasteiger partial charge in [0.15, 0.2) is 0 Å². The predicted molar refractivity (Wildman–Crippen MR) is 89.6 cm³/mol. The molecule has 1 unspecified atom stereocenters. The molecule has 0 bridgehead atoms. The monoisotopic (exact) mass is 327 g/mol. The zero-order chi connectivity index (χ0) is 16.7. The van der Waals surface area contributed by atoms with E-state index in [1.54, 1.807) is 6.20 Å². The molecule has 1 saturated carbocycles. The van der Waals surface area contributed by atoms with Gasteiger partial charge in [0.25, 0.3) is 5.71 Å². The van der Waals surface area contributed by atoms with E-state index in [1.807, 2.05) is 36.9 Å². The van der Waals surface area contributed by atoms with Crippen LogP contribution < -0.4 is 5.32 Å². The summed E-state index contributed by atoms with van der Waals surface area (Å²) in [6, 6.07) is 3.91. The fourth-order valence-corrected chi connectivity index (χ4v) is 3.63. The Kier molecular flexibility index (Phi) is 3.72. The first kappa shape index (κ1) is 15.1. The van der Waals surface area contributed by atoms with Crippen LogP contribution >= 0.6 is 0 Å². The Labute approximate surface area is 139 Å². The first-order chi connectivity index (χ1) is 11.6. The first-order valence-electron chi connectivity index (χ1n) is 8.26. The molecule has 0 amide bonds. The van der Waals surface area contributed by atoms with Crippen LogP contribution in [-0.2, 0) is 6.54 Å². The molecule has 7 heteroatoms. The first-order valence-corrected chi connectivity index (χ1v) is 8.26. The molecule has 4 rings (SSSR count). The number of aliphatic hydroxyl groups is 1. The third kappa shape index (κ3) is 2.75. The van der Waals surface area contributed by atoms with Gasteiger partial charge in [0.2, 0.25) is 0 Å². The molecular formula is C17H21N5O2. The van der Waals surface area contributed by atoms with Gasteiger partial charge in [-0.15, -0.1) is 0 Å². The zero-order valence-corrected chi connectivity index (χ0v) is 13.8. The molecule has 3 atom stereocenters. The Bertz CT molecular complexity index is 842. The van der Waals surface area contributed by atoms with Gasteiger partial charge in [-0.1, -0.05) is 5.16 Å². The van der Waals surface area contributed by atoms with Gasteiger partial charge in [-0.2, -0.15) is 5.10 Å². The average molecular weight is 327 g/mol. The second kappa shape index (κ2) is 5.90. The summed E-state index contributed by atoms with van der Waals surface area (Å²) in [5.74, 6) is 0.402. The van der Waals surface area contributed by atoms with Crippen molar-refractivity contribution in [3.05, 3.63) is 35.9 Å². The van der Waals surface area contributed by atoms with E-state index in [0.29, 0.717) is 11.6 Å². The number of anilines is 1. The maximum absolute atomic E-state index is 10.5. The molecule has 0 aromatic carbocycles. The van der Waals surface area contributed by atoms with Gasteiger partial charge in [-0.25, -0.2) is 4.98 Å². The van der Waals surface area contributed by atoms with Crippen molar-refractivity contribution >= 4 is 16.8 Å². The molecule has 0 spiro atoms. The number of aryl methyl sites for hydroxylation is 2. The summed E-state index contributed by atoms with van der Waals surface area (Å²) in [4.78, 5) is 4.37. The van der Waals surface area contributed by atoms with Crippen molar-refractivity contribution < 1.29 is 9.63 Å². The van der Waals surface area contributed by atoms with Crippen molar-refractivity contribution in [2.24, 2.45) is 5.92 Å². The number of nitrogens with zero attached hydrogens (tertiary/aromatic N) is 4. The average Bonchev–Trinajstić information content (AvgIpc) is 3.23. The van der Waals surface area contributed by atoms with Crippen LogP contribution in [0.2, 0.25) is 0 Å².